The predicted octanol–water partition coefficient (Wildman–Crippen LogP) is 10.2. The average Bonchev–Trinajstić information content (AvgIpc) is 2.85. The van der Waals surface area contributed by atoms with Crippen LogP contribution >= 0.6 is 0 Å². The Hall–Kier alpha value is -1.06. The van der Waals surface area contributed by atoms with E-state index >= 15 is 0 Å². The van der Waals surface area contributed by atoms with Gasteiger partial charge in [0.15, 0.2) is 0 Å². The molecule has 220 valence electrons. The van der Waals surface area contributed by atoms with Gasteiger partial charge in [-0.1, -0.05) is 125 Å². The molecule has 0 rings (SSSR count). The molecule has 0 N–H and O–H groups in total. The number of rotatable bonds is 27. The minimum atomic E-state index is -0.00975. The molecule has 1 atom stereocenters. The maximum atomic E-state index is 12.1. The number of carbonyl (C=O) groups is 2. The van der Waals surface area contributed by atoms with Crippen LogP contribution in [0.25, 0.3) is 0 Å². The van der Waals surface area contributed by atoms with Gasteiger partial charge in [0.05, 0.1) is 19.1 Å². The van der Waals surface area contributed by atoms with E-state index < -0.39 is 0 Å². The molecule has 0 saturated heterocycles. The molecule has 0 aromatic heterocycles. The van der Waals surface area contributed by atoms with Crippen LogP contribution in [0.15, 0.2) is 0 Å². The lowest BCUT2D eigenvalue weighted by Gasteiger charge is -2.11. The van der Waals surface area contributed by atoms with Crippen LogP contribution in [0.2, 0.25) is 0 Å². The van der Waals surface area contributed by atoms with E-state index in [2.05, 4.69) is 27.7 Å². The average molecular weight is 525 g/mol. The summed E-state index contributed by atoms with van der Waals surface area (Å²) in [5.41, 5.74) is 0. The summed E-state index contributed by atoms with van der Waals surface area (Å²) >= 11 is 0. The normalized spacial score (nSPS) is 12.3. The third-order valence-electron chi connectivity index (χ3n) is 7.28. The summed E-state index contributed by atoms with van der Waals surface area (Å²) in [5, 5.41) is 0. The topological polar surface area (TPSA) is 52.6 Å². The van der Waals surface area contributed by atoms with E-state index in [4.69, 9.17) is 9.47 Å². The lowest BCUT2D eigenvalue weighted by Crippen LogP contribution is -2.15. The fourth-order valence-electron chi connectivity index (χ4n) is 4.66. The third-order valence-corrected chi connectivity index (χ3v) is 7.28. The van der Waals surface area contributed by atoms with Crippen molar-refractivity contribution in [1.29, 1.82) is 0 Å². The lowest BCUT2D eigenvalue weighted by molar-refractivity contribution is -0.148. The number of unbranched alkanes of at least 4 members (excludes halogenated alkanes) is 14. The number of esters is 2. The van der Waals surface area contributed by atoms with Crippen LogP contribution in [0.5, 0.6) is 0 Å². The molecule has 0 heterocycles. The van der Waals surface area contributed by atoms with Gasteiger partial charge >= 0.3 is 11.9 Å². The quantitative estimate of drug-likeness (QED) is 0.0792. The van der Waals surface area contributed by atoms with Crippen molar-refractivity contribution in [3.05, 3.63) is 0 Å². The zero-order valence-electron chi connectivity index (χ0n) is 25.6. The first-order valence-electron chi connectivity index (χ1n) is 16.1. The van der Waals surface area contributed by atoms with Gasteiger partial charge in [0, 0.05) is 6.42 Å². The fraction of sp³-hybridized carbons (Fsp3) is 0.939. The summed E-state index contributed by atoms with van der Waals surface area (Å²) in [6, 6.07) is 0. The second-order valence-electron chi connectivity index (χ2n) is 12.2. The van der Waals surface area contributed by atoms with Crippen molar-refractivity contribution in [2.75, 3.05) is 13.2 Å². The van der Waals surface area contributed by atoms with Crippen LogP contribution < -0.4 is 0 Å². The van der Waals surface area contributed by atoms with Gasteiger partial charge in [-0.2, -0.15) is 0 Å². The van der Waals surface area contributed by atoms with Gasteiger partial charge in [-0.05, 0) is 50.4 Å². The molecule has 0 aromatic carbocycles. The second-order valence-corrected chi connectivity index (χ2v) is 12.2. The Bertz CT molecular complexity index is 514. The van der Waals surface area contributed by atoms with Crippen LogP contribution in [0.4, 0.5) is 0 Å². The molecule has 4 heteroatoms. The van der Waals surface area contributed by atoms with E-state index in [1.54, 1.807) is 0 Å². The Balaban J connectivity index is 3.31. The Labute approximate surface area is 231 Å². The van der Waals surface area contributed by atoms with Crippen LogP contribution in [0.1, 0.15) is 169 Å². The summed E-state index contributed by atoms with van der Waals surface area (Å²) in [6.45, 7) is 12.1. The number of ether oxygens (including phenoxy) is 2. The lowest BCUT2D eigenvalue weighted by atomic mass is 10.0. The number of hydrogen-bond donors (Lipinski definition) is 0. The Morgan fingerprint density at radius 1 is 0.459 bits per heavy atom. The number of hydrogen-bond acceptors (Lipinski definition) is 4. The molecule has 0 bridgehead atoms. The molecule has 0 spiro atoms. The molecule has 37 heavy (non-hydrogen) atoms. The van der Waals surface area contributed by atoms with Crippen LogP contribution in [0.3, 0.4) is 0 Å². The molecule has 0 aliphatic carbocycles. The molecule has 0 aliphatic rings. The van der Waals surface area contributed by atoms with Crippen LogP contribution in [-0.2, 0) is 19.1 Å². The van der Waals surface area contributed by atoms with Gasteiger partial charge in [-0.25, -0.2) is 0 Å². The summed E-state index contributed by atoms with van der Waals surface area (Å²) < 4.78 is 10.8. The van der Waals surface area contributed by atoms with Crippen LogP contribution in [-0.4, -0.2) is 25.2 Å². The highest BCUT2D eigenvalue weighted by atomic mass is 16.5. The Morgan fingerprint density at radius 3 is 1.30 bits per heavy atom. The zero-order valence-corrected chi connectivity index (χ0v) is 25.6. The zero-order chi connectivity index (χ0) is 27.6. The van der Waals surface area contributed by atoms with E-state index in [-0.39, 0.29) is 17.9 Å². The first kappa shape index (κ1) is 35.9. The third kappa shape index (κ3) is 27.8. The maximum Gasteiger partial charge on any atom is 0.308 e. The fourth-order valence-corrected chi connectivity index (χ4v) is 4.66. The Kier molecular flexibility index (Phi) is 25.8. The van der Waals surface area contributed by atoms with E-state index in [1.807, 2.05) is 6.92 Å². The highest BCUT2D eigenvalue weighted by molar-refractivity contribution is 5.71. The van der Waals surface area contributed by atoms with Crippen molar-refractivity contribution in [3.63, 3.8) is 0 Å². The molecular weight excluding hydrogens is 460 g/mol. The van der Waals surface area contributed by atoms with Crippen molar-refractivity contribution >= 4 is 11.9 Å². The first-order valence-corrected chi connectivity index (χ1v) is 16.1. The molecule has 1 unspecified atom stereocenters. The standard InChI is InChI=1S/C33H64O4/c1-29(2)23-19-21-27-36-32(34)26-18-16-14-12-10-8-6-7-9-11-13-15-17-25-31(5)33(35)37-28-22-20-24-30(3)4/h29-31H,6-28H2,1-5H3. The largest absolute Gasteiger partial charge is 0.466 e. The molecular formula is C33H64O4. The highest BCUT2D eigenvalue weighted by Crippen LogP contribution is 2.16. The molecule has 0 fully saturated rings. The van der Waals surface area contributed by atoms with Gasteiger partial charge in [0.1, 0.15) is 0 Å². The van der Waals surface area contributed by atoms with E-state index in [0.717, 1.165) is 63.2 Å². The van der Waals surface area contributed by atoms with Gasteiger partial charge in [0.2, 0.25) is 0 Å². The van der Waals surface area contributed by atoms with Gasteiger partial charge in [-0.15, -0.1) is 0 Å². The molecule has 0 saturated carbocycles. The molecule has 4 nitrogen and oxygen atoms in total. The molecule has 0 amide bonds. The minimum absolute atomic E-state index is 0.00467. The number of carbonyl (C=O) groups excluding carboxylic acids is 2. The molecule has 0 aliphatic heterocycles. The van der Waals surface area contributed by atoms with Crippen molar-refractivity contribution in [3.8, 4) is 0 Å². The predicted molar refractivity (Wildman–Crippen MR) is 158 cm³/mol. The van der Waals surface area contributed by atoms with Crippen molar-refractivity contribution in [2.24, 2.45) is 17.8 Å². The maximum absolute atomic E-state index is 12.1. The van der Waals surface area contributed by atoms with Gasteiger partial charge in [-0.3, -0.25) is 9.59 Å². The minimum Gasteiger partial charge on any atom is -0.466 e. The molecule has 0 radical (unpaired) electrons. The smallest absolute Gasteiger partial charge is 0.308 e. The van der Waals surface area contributed by atoms with E-state index in [0.29, 0.717) is 19.6 Å². The van der Waals surface area contributed by atoms with E-state index in [1.165, 1.54) is 77.0 Å². The second kappa shape index (κ2) is 26.5. The monoisotopic (exact) mass is 524 g/mol. The summed E-state index contributed by atoms with van der Waals surface area (Å²) in [4.78, 5) is 23.8. The SMILES string of the molecule is CC(C)CCCCOC(=O)CCCCCCCCCCCCCCCC(C)C(=O)OCCCCC(C)C. The summed E-state index contributed by atoms with van der Waals surface area (Å²) in [6.07, 6.45) is 24.6. The summed E-state index contributed by atoms with van der Waals surface area (Å²) in [7, 11) is 0. The van der Waals surface area contributed by atoms with Gasteiger partial charge in [0.25, 0.3) is 0 Å². The van der Waals surface area contributed by atoms with Crippen molar-refractivity contribution in [2.45, 2.75) is 169 Å². The first-order chi connectivity index (χ1) is 17.8. The van der Waals surface area contributed by atoms with Gasteiger partial charge < -0.3 is 9.47 Å². The Morgan fingerprint density at radius 2 is 0.838 bits per heavy atom. The molecule has 0 aromatic rings. The van der Waals surface area contributed by atoms with Crippen molar-refractivity contribution < 1.29 is 19.1 Å². The van der Waals surface area contributed by atoms with Crippen molar-refractivity contribution in [1.82, 2.24) is 0 Å². The van der Waals surface area contributed by atoms with E-state index in [9.17, 15) is 9.59 Å². The van der Waals surface area contributed by atoms with Crippen LogP contribution in [0, 0.1) is 17.8 Å². The summed E-state index contributed by atoms with van der Waals surface area (Å²) in [5.74, 6) is 1.50. The highest BCUT2D eigenvalue weighted by Gasteiger charge is 2.13.